The summed E-state index contributed by atoms with van der Waals surface area (Å²) in [6.07, 6.45) is 0.837. The van der Waals surface area contributed by atoms with Gasteiger partial charge in [0.2, 0.25) is 17.8 Å². The van der Waals surface area contributed by atoms with Crippen molar-refractivity contribution < 1.29 is 10.2 Å². The molecule has 0 bridgehead atoms. The largest absolute Gasteiger partial charge is 0.504 e. The van der Waals surface area contributed by atoms with Crippen molar-refractivity contribution in [1.82, 2.24) is 29.9 Å². The first kappa shape index (κ1) is 29.7. The van der Waals surface area contributed by atoms with Gasteiger partial charge in [-0.15, -0.1) is 25.2 Å². The van der Waals surface area contributed by atoms with E-state index in [0.717, 1.165) is 17.5 Å². The predicted molar refractivity (Wildman–Crippen MR) is 178 cm³/mol. The lowest BCUT2D eigenvalue weighted by Gasteiger charge is -2.15. The molecule has 0 radical (unpaired) electrons. The zero-order chi connectivity index (χ0) is 32.2. The van der Waals surface area contributed by atoms with Gasteiger partial charge in [0.25, 0.3) is 0 Å². The number of fused-ring (bicyclic) bond motifs is 1. The fourth-order valence-electron chi connectivity index (χ4n) is 4.64. The van der Waals surface area contributed by atoms with Crippen LogP contribution in [-0.4, -0.2) is 46.7 Å². The Hall–Kier alpha value is -6.31. The molecule has 0 amide bonds. The molecular formula is C32H32N12O2. The number of hydrogen-bond acceptors (Lipinski definition) is 13. The smallest absolute Gasteiger partial charge is 0.233 e. The van der Waals surface area contributed by atoms with E-state index in [-0.39, 0.29) is 29.1 Å². The highest BCUT2D eigenvalue weighted by molar-refractivity contribution is 5.76. The number of rotatable bonds is 10. The Labute approximate surface area is 264 Å². The second-order valence-electron chi connectivity index (χ2n) is 10.6. The molecule has 6 rings (SSSR count). The molecule has 7 N–H and O–H groups in total. The Morgan fingerprint density at radius 2 is 1.28 bits per heavy atom. The fourth-order valence-corrected chi connectivity index (χ4v) is 4.64. The number of nitrogens with two attached hydrogens (primary N) is 1. The van der Waals surface area contributed by atoms with E-state index >= 15 is 0 Å². The van der Waals surface area contributed by atoms with Crippen molar-refractivity contribution in [3.8, 4) is 17.2 Å². The summed E-state index contributed by atoms with van der Waals surface area (Å²) >= 11 is 0. The van der Waals surface area contributed by atoms with E-state index in [4.69, 9.17) is 5.73 Å². The molecule has 0 aliphatic heterocycles. The molecule has 0 aliphatic rings. The monoisotopic (exact) mass is 616 g/mol. The Morgan fingerprint density at radius 1 is 0.717 bits per heavy atom. The van der Waals surface area contributed by atoms with Gasteiger partial charge >= 0.3 is 0 Å². The standard InChI is InChI=1S/C32H32N12O2/c1-4-13-34-30-37-31(35-24-14-18(2)16-26(28(24)45)41-40-21-10-6-5-9-20(21)33)39-32(38-30)36-25-15-19(3)17-27(29(25)46)44-42-22-11-7-8-12-23(22)43-44/h5-12,14-17,45-46H,4,13,33H2,1-3H3,(H3,34,35,36,37,38,39). The quantitative estimate of drug-likeness (QED) is 0.0529. The highest BCUT2D eigenvalue weighted by Crippen LogP contribution is 2.39. The molecule has 2 heterocycles. The van der Waals surface area contributed by atoms with Gasteiger partial charge in [-0.1, -0.05) is 31.2 Å². The van der Waals surface area contributed by atoms with E-state index in [9.17, 15) is 10.2 Å². The van der Waals surface area contributed by atoms with Gasteiger partial charge < -0.3 is 31.9 Å². The number of anilines is 6. The van der Waals surface area contributed by atoms with E-state index in [1.807, 2.05) is 45.0 Å². The lowest BCUT2D eigenvalue weighted by atomic mass is 10.1. The molecule has 0 spiro atoms. The van der Waals surface area contributed by atoms with Gasteiger partial charge in [0.15, 0.2) is 11.5 Å². The summed E-state index contributed by atoms with van der Waals surface area (Å²) < 4.78 is 0. The molecule has 0 atom stereocenters. The Morgan fingerprint density at radius 3 is 1.93 bits per heavy atom. The number of aromatic hydroxyl groups is 2. The van der Waals surface area contributed by atoms with E-state index in [0.29, 0.717) is 52.0 Å². The normalized spacial score (nSPS) is 11.3. The molecule has 232 valence electrons. The van der Waals surface area contributed by atoms with Crippen molar-refractivity contribution in [3.05, 3.63) is 83.9 Å². The van der Waals surface area contributed by atoms with Gasteiger partial charge in [0.1, 0.15) is 28.1 Å². The Balaban J connectivity index is 1.33. The molecule has 0 saturated carbocycles. The minimum Gasteiger partial charge on any atom is -0.504 e. The molecule has 14 nitrogen and oxygen atoms in total. The zero-order valence-electron chi connectivity index (χ0n) is 25.4. The van der Waals surface area contributed by atoms with Crippen LogP contribution in [0.15, 0.2) is 83.0 Å². The highest BCUT2D eigenvalue weighted by atomic mass is 16.3. The van der Waals surface area contributed by atoms with Gasteiger partial charge in [-0.25, -0.2) is 0 Å². The average Bonchev–Trinajstić information content (AvgIpc) is 3.47. The van der Waals surface area contributed by atoms with Crippen LogP contribution in [0.3, 0.4) is 0 Å². The van der Waals surface area contributed by atoms with Gasteiger partial charge in [-0.05, 0) is 79.9 Å². The van der Waals surface area contributed by atoms with E-state index < -0.39 is 0 Å². The summed E-state index contributed by atoms with van der Waals surface area (Å²) in [5.41, 5.74) is 11.3. The number of aromatic nitrogens is 6. The molecule has 2 aromatic heterocycles. The summed E-state index contributed by atoms with van der Waals surface area (Å²) in [4.78, 5) is 14.9. The van der Waals surface area contributed by atoms with Crippen LogP contribution in [0.4, 0.5) is 46.3 Å². The molecule has 14 heteroatoms. The summed E-state index contributed by atoms with van der Waals surface area (Å²) in [6.45, 7) is 6.40. The molecule has 6 aromatic rings. The number of phenols is 2. The van der Waals surface area contributed by atoms with E-state index in [1.54, 1.807) is 48.5 Å². The van der Waals surface area contributed by atoms with Crippen molar-refractivity contribution in [2.24, 2.45) is 10.2 Å². The first-order valence-electron chi connectivity index (χ1n) is 14.6. The third-order valence-electron chi connectivity index (χ3n) is 6.83. The number of para-hydroxylation sites is 1. The summed E-state index contributed by atoms with van der Waals surface area (Å²) in [5.74, 6) is 0.338. The van der Waals surface area contributed by atoms with Crippen molar-refractivity contribution in [3.63, 3.8) is 0 Å². The van der Waals surface area contributed by atoms with Gasteiger partial charge in [0.05, 0.1) is 17.1 Å². The lowest BCUT2D eigenvalue weighted by molar-refractivity contribution is 0.470. The van der Waals surface area contributed by atoms with Crippen LogP contribution < -0.4 is 21.7 Å². The first-order chi connectivity index (χ1) is 22.3. The predicted octanol–water partition coefficient (Wildman–Crippen LogP) is 6.94. The number of azo groups is 1. The van der Waals surface area contributed by atoms with Gasteiger partial charge in [-0.3, -0.25) is 0 Å². The molecule has 46 heavy (non-hydrogen) atoms. The van der Waals surface area contributed by atoms with Crippen LogP contribution in [0, 0.1) is 13.8 Å². The second-order valence-corrected chi connectivity index (χ2v) is 10.6. The maximum absolute atomic E-state index is 11.3. The zero-order valence-corrected chi connectivity index (χ0v) is 25.4. The minimum atomic E-state index is -0.151. The number of nitrogen functional groups attached to an aromatic ring is 1. The van der Waals surface area contributed by atoms with E-state index in [1.165, 1.54) is 4.80 Å². The maximum atomic E-state index is 11.3. The number of phenolic OH excluding ortho intramolecular Hbond substituents is 2. The molecule has 0 saturated heterocycles. The number of hydrogen-bond donors (Lipinski definition) is 6. The summed E-state index contributed by atoms with van der Waals surface area (Å²) in [5, 5.41) is 49.2. The summed E-state index contributed by atoms with van der Waals surface area (Å²) in [7, 11) is 0. The van der Waals surface area contributed by atoms with E-state index in [2.05, 4.69) is 51.3 Å². The van der Waals surface area contributed by atoms with Crippen LogP contribution >= 0.6 is 0 Å². The molecule has 0 aliphatic carbocycles. The van der Waals surface area contributed by atoms with Crippen molar-refractivity contribution in [1.29, 1.82) is 0 Å². The van der Waals surface area contributed by atoms with Gasteiger partial charge in [0, 0.05) is 6.54 Å². The Bertz CT molecular complexity index is 2040. The van der Waals surface area contributed by atoms with Crippen molar-refractivity contribution in [2.75, 3.05) is 28.2 Å². The Kier molecular flexibility index (Phi) is 8.24. The highest BCUT2D eigenvalue weighted by Gasteiger charge is 2.17. The van der Waals surface area contributed by atoms with Crippen LogP contribution in [0.1, 0.15) is 24.5 Å². The molecule has 0 unspecified atom stereocenters. The molecule has 0 fully saturated rings. The number of aryl methyl sites for hydroxylation is 2. The maximum Gasteiger partial charge on any atom is 0.233 e. The van der Waals surface area contributed by atoms with Crippen LogP contribution in [0.5, 0.6) is 11.5 Å². The third-order valence-corrected chi connectivity index (χ3v) is 6.83. The number of nitrogens with zero attached hydrogens (tertiary/aromatic N) is 8. The average molecular weight is 617 g/mol. The SMILES string of the molecule is CCCNc1nc(Nc2cc(C)cc(N=Nc3ccccc3N)c2O)nc(Nc2cc(C)cc(-n3nc4ccccc4n3)c2O)n1. The van der Waals surface area contributed by atoms with Crippen molar-refractivity contribution >= 4 is 57.3 Å². The number of nitrogens with one attached hydrogen (secondary N) is 3. The summed E-state index contributed by atoms with van der Waals surface area (Å²) in [6, 6.07) is 21.5. The third kappa shape index (κ3) is 6.45. The topological polar surface area (TPSA) is 197 Å². The minimum absolute atomic E-state index is 0.0886. The number of benzene rings is 4. The first-order valence-corrected chi connectivity index (χ1v) is 14.6. The van der Waals surface area contributed by atoms with Gasteiger partial charge in [-0.2, -0.15) is 15.0 Å². The van der Waals surface area contributed by atoms with Crippen LogP contribution in [-0.2, 0) is 0 Å². The lowest BCUT2D eigenvalue weighted by Crippen LogP contribution is -2.10. The van der Waals surface area contributed by atoms with Crippen molar-refractivity contribution in [2.45, 2.75) is 27.2 Å². The fraction of sp³-hybridized carbons (Fsp3) is 0.156. The van der Waals surface area contributed by atoms with Crippen LogP contribution in [0.2, 0.25) is 0 Å². The molecule has 4 aromatic carbocycles. The van der Waals surface area contributed by atoms with Crippen LogP contribution in [0.25, 0.3) is 16.7 Å². The second kappa shape index (κ2) is 12.7. The molecular weight excluding hydrogens is 584 g/mol.